The van der Waals surface area contributed by atoms with Gasteiger partial charge in [-0.05, 0) is 12.1 Å². The van der Waals surface area contributed by atoms with Crippen molar-refractivity contribution < 1.29 is 0 Å². The van der Waals surface area contributed by atoms with Crippen LogP contribution in [0.25, 0.3) is 5.52 Å². The van der Waals surface area contributed by atoms with E-state index in [9.17, 15) is 0 Å². The third kappa shape index (κ3) is 0.858. The average molecular weight is 178 g/mol. The van der Waals surface area contributed by atoms with Gasteiger partial charge in [-0.15, -0.1) is 0 Å². The zero-order valence-electron chi connectivity index (χ0n) is 6.03. The molecule has 0 unspecified atom stereocenters. The number of hydrogen-bond donors (Lipinski definition) is 0. The van der Waals surface area contributed by atoms with E-state index in [1.165, 1.54) is 6.20 Å². The van der Waals surface area contributed by atoms with Gasteiger partial charge in [-0.3, -0.25) is 4.40 Å². The van der Waals surface area contributed by atoms with Crippen LogP contribution in [0.3, 0.4) is 0 Å². The summed E-state index contributed by atoms with van der Waals surface area (Å²) in [6, 6.07) is 5.64. The van der Waals surface area contributed by atoms with Gasteiger partial charge in [0.25, 0.3) is 0 Å². The Morgan fingerprint density at radius 3 is 3.17 bits per heavy atom. The molecule has 0 aliphatic heterocycles. The first-order valence-corrected chi connectivity index (χ1v) is 3.72. The van der Waals surface area contributed by atoms with Crippen LogP contribution in [0.4, 0.5) is 0 Å². The van der Waals surface area contributed by atoms with E-state index < -0.39 is 0 Å². The Kier molecular flexibility index (Phi) is 1.49. The summed E-state index contributed by atoms with van der Waals surface area (Å²) in [4.78, 5) is 3.87. The molecule has 0 atom stereocenters. The summed E-state index contributed by atoms with van der Waals surface area (Å²) in [5, 5.41) is 9.22. The molecule has 2 heterocycles. The lowest BCUT2D eigenvalue weighted by atomic mass is 10.4. The lowest BCUT2D eigenvalue weighted by molar-refractivity contribution is 1.05. The topological polar surface area (TPSA) is 41.1 Å². The normalized spacial score (nSPS) is 10.0. The van der Waals surface area contributed by atoms with Gasteiger partial charge < -0.3 is 0 Å². The molecule has 4 heteroatoms. The van der Waals surface area contributed by atoms with Crippen molar-refractivity contribution in [3.8, 4) is 6.07 Å². The van der Waals surface area contributed by atoms with Gasteiger partial charge in [0, 0.05) is 6.20 Å². The Bertz CT molecular complexity index is 467. The molecule has 0 aliphatic rings. The van der Waals surface area contributed by atoms with Crippen LogP contribution in [-0.4, -0.2) is 9.38 Å². The molecular formula is C8H4ClN3. The van der Waals surface area contributed by atoms with Gasteiger partial charge in [-0.2, -0.15) is 5.26 Å². The van der Waals surface area contributed by atoms with Crippen LogP contribution in [0.1, 0.15) is 5.82 Å². The van der Waals surface area contributed by atoms with E-state index in [1.54, 1.807) is 10.6 Å². The lowest BCUT2D eigenvalue weighted by Gasteiger charge is -1.97. The van der Waals surface area contributed by atoms with Crippen molar-refractivity contribution in [1.29, 1.82) is 5.26 Å². The molecule has 2 aromatic heterocycles. The van der Waals surface area contributed by atoms with Crippen LogP contribution in [-0.2, 0) is 0 Å². The fourth-order valence-corrected chi connectivity index (χ4v) is 1.29. The Morgan fingerprint density at radius 2 is 2.42 bits per heavy atom. The minimum Gasteiger partial charge on any atom is -0.291 e. The Balaban J connectivity index is 2.94. The van der Waals surface area contributed by atoms with Crippen molar-refractivity contribution in [2.45, 2.75) is 0 Å². The second kappa shape index (κ2) is 2.50. The van der Waals surface area contributed by atoms with E-state index in [4.69, 9.17) is 16.9 Å². The first-order chi connectivity index (χ1) is 5.83. The summed E-state index contributed by atoms with van der Waals surface area (Å²) in [6.45, 7) is 0. The largest absolute Gasteiger partial charge is 0.291 e. The standard InChI is InChI=1S/C8H4ClN3/c9-6-5-11-8(4-10)12-3-1-2-7(6)12/h1-3,5H. The van der Waals surface area contributed by atoms with Crippen LogP contribution in [0.2, 0.25) is 5.02 Å². The molecule has 0 aromatic carbocycles. The molecule has 0 fully saturated rings. The SMILES string of the molecule is N#Cc1ncc(Cl)c2cccn12. The molecule has 0 amide bonds. The van der Waals surface area contributed by atoms with Crippen molar-refractivity contribution in [2.24, 2.45) is 0 Å². The third-order valence-corrected chi connectivity index (χ3v) is 1.91. The van der Waals surface area contributed by atoms with Crippen molar-refractivity contribution in [3.05, 3.63) is 35.4 Å². The molecule has 0 spiro atoms. The number of fused-ring (bicyclic) bond motifs is 1. The minimum absolute atomic E-state index is 0.347. The average Bonchev–Trinajstić information content (AvgIpc) is 2.54. The van der Waals surface area contributed by atoms with E-state index in [0.29, 0.717) is 10.8 Å². The minimum atomic E-state index is 0.347. The zero-order valence-corrected chi connectivity index (χ0v) is 6.78. The van der Waals surface area contributed by atoms with Gasteiger partial charge in [0.2, 0.25) is 5.82 Å². The maximum absolute atomic E-state index is 8.67. The van der Waals surface area contributed by atoms with Crippen molar-refractivity contribution >= 4 is 17.1 Å². The van der Waals surface area contributed by atoms with Crippen LogP contribution in [0, 0.1) is 11.3 Å². The number of aromatic nitrogens is 2. The predicted octanol–water partition coefficient (Wildman–Crippen LogP) is 1.86. The molecule has 2 rings (SSSR count). The van der Waals surface area contributed by atoms with Crippen LogP contribution >= 0.6 is 11.6 Å². The maximum Gasteiger partial charge on any atom is 0.217 e. The van der Waals surface area contributed by atoms with E-state index in [-0.39, 0.29) is 0 Å². The molecule has 0 N–H and O–H groups in total. The number of nitrogens with zero attached hydrogens (tertiary/aromatic N) is 3. The second-order valence-electron chi connectivity index (χ2n) is 2.30. The monoisotopic (exact) mass is 177 g/mol. The molecule has 0 saturated heterocycles. The summed E-state index contributed by atoms with van der Waals surface area (Å²) in [5.74, 6) is 0.347. The smallest absolute Gasteiger partial charge is 0.217 e. The summed E-state index contributed by atoms with van der Waals surface area (Å²) < 4.78 is 1.66. The van der Waals surface area contributed by atoms with E-state index in [2.05, 4.69) is 4.98 Å². The molecule has 3 nitrogen and oxygen atoms in total. The zero-order chi connectivity index (χ0) is 8.55. The van der Waals surface area contributed by atoms with E-state index >= 15 is 0 Å². The van der Waals surface area contributed by atoms with Crippen LogP contribution < -0.4 is 0 Å². The second-order valence-corrected chi connectivity index (χ2v) is 2.71. The number of nitriles is 1. The lowest BCUT2D eigenvalue weighted by Crippen LogP contribution is -1.93. The Hall–Kier alpha value is -1.53. The maximum atomic E-state index is 8.67. The van der Waals surface area contributed by atoms with Gasteiger partial charge in [0.15, 0.2) is 0 Å². The number of hydrogen-bond acceptors (Lipinski definition) is 2. The summed E-state index contributed by atoms with van der Waals surface area (Å²) in [5.41, 5.74) is 0.809. The van der Waals surface area contributed by atoms with E-state index in [0.717, 1.165) is 5.52 Å². The van der Waals surface area contributed by atoms with Crippen molar-refractivity contribution in [3.63, 3.8) is 0 Å². The summed E-state index contributed by atoms with van der Waals surface area (Å²) >= 11 is 5.83. The molecule has 0 saturated carbocycles. The number of rotatable bonds is 0. The number of halogens is 1. The van der Waals surface area contributed by atoms with E-state index in [1.807, 2.05) is 18.2 Å². The van der Waals surface area contributed by atoms with Gasteiger partial charge in [0.05, 0.1) is 16.7 Å². The Labute approximate surface area is 73.8 Å². The molecule has 0 bridgehead atoms. The van der Waals surface area contributed by atoms with Crippen LogP contribution in [0.5, 0.6) is 0 Å². The van der Waals surface area contributed by atoms with Gasteiger partial charge >= 0.3 is 0 Å². The van der Waals surface area contributed by atoms with Crippen molar-refractivity contribution in [2.75, 3.05) is 0 Å². The Morgan fingerprint density at radius 1 is 1.58 bits per heavy atom. The highest BCUT2D eigenvalue weighted by atomic mass is 35.5. The fraction of sp³-hybridized carbons (Fsp3) is 0. The molecule has 2 aromatic rings. The van der Waals surface area contributed by atoms with Gasteiger partial charge in [-0.25, -0.2) is 4.98 Å². The van der Waals surface area contributed by atoms with Crippen LogP contribution in [0.15, 0.2) is 24.5 Å². The van der Waals surface area contributed by atoms with Gasteiger partial charge in [0.1, 0.15) is 6.07 Å². The molecule has 12 heavy (non-hydrogen) atoms. The molecule has 0 aliphatic carbocycles. The highest BCUT2D eigenvalue weighted by Crippen LogP contribution is 2.16. The summed E-state index contributed by atoms with van der Waals surface area (Å²) in [6.07, 6.45) is 3.24. The highest BCUT2D eigenvalue weighted by molar-refractivity contribution is 6.33. The fourth-order valence-electron chi connectivity index (χ4n) is 1.09. The summed E-state index contributed by atoms with van der Waals surface area (Å²) in [7, 11) is 0. The third-order valence-electron chi connectivity index (χ3n) is 1.62. The van der Waals surface area contributed by atoms with Crippen molar-refractivity contribution in [1.82, 2.24) is 9.38 Å². The molecule has 0 radical (unpaired) electrons. The first-order valence-electron chi connectivity index (χ1n) is 3.34. The quantitative estimate of drug-likeness (QED) is 0.616. The van der Waals surface area contributed by atoms with Gasteiger partial charge in [-0.1, -0.05) is 11.6 Å². The predicted molar refractivity (Wildman–Crippen MR) is 44.9 cm³/mol. The molecular weight excluding hydrogens is 174 g/mol. The highest BCUT2D eigenvalue weighted by Gasteiger charge is 2.02. The first kappa shape index (κ1) is 7.14. The molecule has 58 valence electrons.